The number of nitrogens with zero attached hydrogens (tertiary/aromatic N) is 4. The first kappa shape index (κ1) is 26.4. The minimum Gasteiger partial charge on any atom is -0.494 e. The molecule has 2 aliphatic rings. The van der Waals surface area contributed by atoms with Crippen LogP contribution in [0.25, 0.3) is 22.2 Å². The highest BCUT2D eigenvalue weighted by atomic mass is 16.5. The van der Waals surface area contributed by atoms with Crippen LogP contribution < -0.4 is 25.6 Å². The number of ether oxygens (including phenoxy) is 2. The number of carboxylic acid groups (broad SMARTS) is 1. The van der Waals surface area contributed by atoms with Gasteiger partial charge in [-0.3, -0.25) is 0 Å². The van der Waals surface area contributed by atoms with Crippen LogP contribution in [0.1, 0.15) is 23.2 Å². The summed E-state index contributed by atoms with van der Waals surface area (Å²) in [6.45, 7) is 2.50. The number of aromatic carboxylic acids is 1. The van der Waals surface area contributed by atoms with Crippen molar-refractivity contribution in [2.45, 2.75) is 18.9 Å². The second-order valence-corrected chi connectivity index (χ2v) is 10.1. The molecule has 0 atom stereocenters. The number of methoxy groups -OCH3 is 1. The number of urea groups is 1. The van der Waals surface area contributed by atoms with Gasteiger partial charge in [-0.1, -0.05) is 18.2 Å². The van der Waals surface area contributed by atoms with Crippen LogP contribution in [0.4, 0.5) is 27.8 Å². The van der Waals surface area contributed by atoms with Crippen molar-refractivity contribution in [3.05, 3.63) is 54.4 Å². The lowest BCUT2D eigenvalue weighted by atomic mass is 10.1. The Balaban J connectivity index is 1.39. The molecule has 12 nitrogen and oxygen atoms in total. The molecular weight excluding hydrogens is 526 g/mol. The van der Waals surface area contributed by atoms with Crippen LogP contribution in [0.5, 0.6) is 5.75 Å². The van der Waals surface area contributed by atoms with E-state index in [4.69, 9.17) is 9.47 Å². The Hall–Kier alpha value is -4.84. The van der Waals surface area contributed by atoms with Gasteiger partial charge in [-0.2, -0.15) is 0 Å². The van der Waals surface area contributed by atoms with Gasteiger partial charge in [0, 0.05) is 61.1 Å². The summed E-state index contributed by atoms with van der Waals surface area (Å²) in [5.74, 6) is -0.430. The molecule has 3 heterocycles. The van der Waals surface area contributed by atoms with Gasteiger partial charge in [-0.05, 0) is 25.0 Å². The summed E-state index contributed by atoms with van der Waals surface area (Å²) in [5.41, 5.74) is 3.81. The topological polar surface area (TPSA) is 143 Å². The van der Waals surface area contributed by atoms with Crippen LogP contribution in [-0.2, 0) is 11.8 Å². The third kappa shape index (κ3) is 5.46. The number of rotatable bonds is 8. The number of anilines is 4. The zero-order chi connectivity index (χ0) is 28.5. The number of hydrogen-bond donors (Lipinski definition) is 4. The van der Waals surface area contributed by atoms with Crippen LogP contribution in [0, 0.1) is 0 Å². The lowest BCUT2D eigenvalue weighted by molar-refractivity contribution is 0.0697. The molecule has 0 spiro atoms. The van der Waals surface area contributed by atoms with Gasteiger partial charge in [-0.15, -0.1) is 0 Å². The predicted molar refractivity (Wildman–Crippen MR) is 155 cm³/mol. The van der Waals surface area contributed by atoms with Gasteiger partial charge < -0.3 is 40.0 Å². The molecule has 0 bridgehead atoms. The average Bonchev–Trinajstić information content (AvgIpc) is 3.73. The van der Waals surface area contributed by atoms with Crippen LogP contribution >= 0.6 is 0 Å². The molecule has 1 saturated heterocycles. The molecule has 2 amide bonds. The summed E-state index contributed by atoms with van der Waals surface area (Å²) >= 11 is 0. The van der Waals surface area contributed by atoms with Gasteiger partial charge in [0.2, 0.25) is 5.95 Å². The Bertz CT molecular complexity index is 1630. The van der Waals surface area contributed by atoms with Crippen molar-refractivity contribution in [1.29, 1.82) is 0 Å². The summed E-state index contributed by atoms with van der Waals surface area (Å²) in [6.07, 6.45) is 5.11. The first-order chi connectivity index (χ1) is 19.9. The van der Waals surface area contributed by atoms with Crippen LogP contribution in [0.2, 0.25) is 0 Å². The fraction of sp³-hybridized carbons (Fsp3) is 0.310. The lowest BCUT2D eigenvalue weighted by Gasteiger charge is -2.31. The number of aryl methyl sites for hydroxylation is 1. The van der Waals surface area contributed by atoms with Crippen molar-refractivity contribution in [1.82, 2.24) is 19.9 Å². The molecule has 6 rings (SSSR count). The molecule has 4 N–H and O–H groups in total. The third-order valence-corrected chi connectivity index (χ3v) is 7.25. The molecule has 2 aromatic carbocycles. The van der Waals surface area contributed by atoms with Crippen LogP contribution in [-0.4, -0.2) is 71.1 Å². The predicted octanol–water partition coefficient (Wildman–Crippen LogP) is 4.21. The SMILES string of the molecule is COc1cc(N2CCOCC2)c(NC(=O)NC2CC2)cc1Nc1ncc(C(=O)O)c(-c2cn(C)c3ccccc23)n1. The number of para-hydroxylation sites is 1. The van der Waals surface area contributed by atoms with E-state index in [0.717, 1.165) is 29.4 Å². The largest absolute Gasteiger partial charge is 0.494 e. The van der Waals surface area contributed by atoms with Crippen molar-refractivity contribution in [3.63, 3.8) is 0 Å². The summed E-state index contributed by atoms with van der Waals surface area (Å²) in [5, 5.41) is 19.9. The summed E-state index contributed by atoms with van der Waals surface area (Å²) in [6, 6.07) is 11.3. The molecule has 1 saturated carbocycles. The maximum absolute atomic E-state index is 12.7. The molecular formula is C29H31N7O5. The molecule has 212 valence electrons. The number of aromatic nitrogens is 3. The first-order valence-electron chi connectivity index (χ1n) is 13.5. The van der Waals surface area contributed by atoms with Gasteiger partial charge >= 0.3 is 12.0 Å². The van der Waals surface area contributed by atoms with Crippen molar-refractivity contribution in [2.75, 3.05) is 48.9 Å². The molecule has 1 aliphatic carbocycles. The van der Waals surface area contributed by atoms with E-state index in [1.54, 1.807) is 13.2 Å². The highest BCUT2D eigenvalue weighted by Gasteiger charge is 2.26. The van der Waals surface area contributed by atoms with Gasteiger partial charge in [0.25, 0.3) is 0 Å². The number of carbonyl (C=O) groups excluding carboxylic acids is 1. The number of morpholine rings is 1. The van der Waals surface area contributed by atoms with E-state index >= 15 is 0 Å². The zero-order valence-electron chi connectivity index (χ0n) is 22.8. The normalized spacial score (nSPS) is 15.0. The first-order valence-corrected chi connectivity index (χ1v) is 13.5. The number of carboxylic acids is 1. The number of nitrogens with one attached hydrogen (secondary N) is 3. The molecule has 2 aromatic heterocycles. The molecule has 0 unspecified atom stereocenters. The molecule has 41 heavy (non-hydrogen) atoms. The Kier molecular flexibility index (Phi) is 7.06. The van der Waals surface area contributed by atoms with Gasteiger partial charge in [0.15, 0.2) is 0 Å². The minimum absolute atomic E-state index is 0.0133. The van der Waals surface area contributed by atoms with Gasteiger partial charge in [-0.25, -0.2) is 19.6 Å². The fourth-order valence-corrected chi connectivity index (χ4v) is 5.03. The van der Waals surface area contributed by atoms with E-state index in [1.807, 2.05) is 48.1 Å². The Morgan fingerprint density at radius 1 is 1.12 bits per heavy atom. The second-order valence-electron chi connectivity index (χ2n) is 10.1. The van der Waals surface area contributed by atoms with E-state index < -0.39 is 5.97 Å². The second kappa shape index (κ2) is 11.0. The van der Waals surface area contributed by atoms with Crippen molar-refractivity contribution < 1.29 is 24.2 Å². The van der Waals surface area contributed by atoms with Crippen molar-refractivity contribution in [3.8, 4) is 17.0 Å². The summed E-state index contributed by atoms with van der Waals surface area (Å²) in [4.78, 5) is 36.0. The molecule has 1 aliphatic heterocycles. The van der Waals surface area contributed by atoms with E-state index in [9.17, 15) is 14.7 Å². The average molecular weight is 558 g/mol. The third-order valence-electron chi connectivity index (χ3n) is 7.25. The number of benzene rings is 2. The lowest BCUT2D eigenvalue weighted by Crippen LogP contribution is -2.37. The fourth-order valence-electron chi connectivity index (χ4n) is 5.03. The monoisotopic (exact) mass is 557 g/mol. The number of carbonyl (C=O) groups is 2. The Labute approximate surface area is 236 Å². The quantitative estimate of drug-likeness (QED) is 0.251. The van der Waals surface area contributed by atoms with Crippen LogP contribution in [0.3, 0.4) is 0 Å². The number of hydrogen-bond acceptors (Lipinski definition) is 8. The van der Waals surface area contributed by atoms with E-state index in [-0.39, 0.29) is 29.3 Å². The maximum atomic E-state index is 12.7. The van der Waals surface area contributed by atoms with Crippen molar-refractivity contribution in [2.24, 2.45) is 7.05 Å². The van der Waals surface area contributed by atoms with E-state index in [1.165, 1.54) is 6.20 Å². The van der Waals surface area contributed by atoms with Crippen LogP contribution in [0.15, 0.2) is 48.8 Å². The zero-order valence-corrected chi connectivity index (χ0v) is 22.8. The Morgan fingerprint density at radius 3 is 2.63 bits per heavy atom. The van der Waals surface area contributed by atoms with Gasteiger partial charge in [0.05, 0.1) is 43.1 Å². The molecule has 0 radical (unpaired) electrons. The molecule has 12 heteroatoms. The van der Waals surface area contributed by atoms with Gasteiger partial charge in [0.1, 0.15) is 11.3 Å². The molecule has 2 fully saturated rings. The number of fused-ring (bicyclic) bond motifs is 1. The minimum atomic E-state index is -1.12. The van der Waals surface area contributed by atoms with Crippen molar-refractivity contribution >= 4 is 45.9 Å². The summed E-state index contributed by atoms with van der Waals surface area (Å²) < 4.78 is 13.2. The molecule has 4 aromatic rings. The maximum Gasteiger partial charge on any atom is 0.339 e. The summed E-state index contributed by atoms with van der Waals surface area (Å²) in [7, 11) is 3.47. The smallest absolute Gasteiger partial charge is 0.339 e. The van der Waals surface area contributed by atoms with E-state index in [2.05, 4.69) is 30.8 Å². The van der Waals surface area contributed by atoms with E-state index in [0.29, 0.717) is 49.0 Å². The highest BCUT2D eigenvalue weighted by molar-refractivity contribution is 6.02. The standard InChI is InChI=1S/C29H31N7O5/c1-35-16-20(18-5-3-4-6-23(18)35)26-19(27(37)38)15-30-28(34-26)32-22-13-21(33-29(39)31-17-7-8-17)24(14-25(22)40-2)36-9-11-41-12-10-36/h3-6,13-17H,7-12H2,1-2H3,(H,37,38)(H,30,32,34)(H2,31,33,39). The Morgan fingerprint density at radius 2 is 1.90 bits per heavy atom. The highest BCUT2D eigenvalue weighted by Crippen LogP contribution is 2.39. The number of amides is 2.